The molecule has 2 aromatic heterocycles. The Morgan fingerprint density at radius 1 is 1.50 bits per heavy atom. The Morgan fingerprint density at radius 2 is 2.38 bits per heavy atom. The lowest BCUT2D eigenvalue weighted by atomic mass is 10.2. The van der Waals surface area contributed by atoms with Crippen molar-refractivity contribution in [3.05, 3.63) is 28.1 Å². The maximum atomic E-state index is 12.1. The number of thiophene rings is 1. The van der Waals surface area contributed by atoms with Gasteiger partial charge in [-0.05, 0) is 30.7 Å². The van der Waals surface area contributed by atoms with E-state index in [2.05, 4.69) is 4.98 Å². The fraction of sp³-hybridized carbons (Fsp3) is 0.455. The summed E-state index contributed by atoms with van der Waals surface area (Å²) in [5.41, 5.74) is -0.0304. The Bertz CT molecular complexity index is 575. The van der Waals surface area contributed by atoms with Crippen molar-refractivity contribution in [1.82, 2.24) is 9.55 Å². The van der Waals surface area contributed by atoms with Crippen LogP contribution >= 0.6 is 11.3 Å². The summed E-state index contributed by atoms with van der Waals surface area (Å²) in [6.07, 6.45) is 3.77. The zero-order valence-corrected chi connectivity index (χ0v) is 9.48. The van der Waals surface area contributed by atoms with E-state index >= 15 is 0 Å². The van der Waals surface area contributed by atoms with Crippen LogP contribution in [0.15, 0.2) is 22.6 Å². The molecule has 0 amide bonds. The maximum absolute atomic E-state index is 12.1. The first-order valence-electron chi connectivity index (χ1n) is 5.40. The van der Waals surface area contributed by atoms with Crippen LogP contribution in [0.25, 0.3) is 10.2 Å². The number of rotatable bonds is 1. The number of aliphatic hydroxyl groups is 1. The van der Waals surface area contributed by atoms with Gasteiger partial charge in [0.2, 0.25) is 0 Å². The van der Waals surface area contributed by atoms with Crippen LogP contribution in [0.2, 0.25) is 0 Å². The fourth-order valence-electron chi connectivity index (χ4n) is 2.35. The summed E-state index contributed by atoms with van der Waals surface area (Å²) in [7, 11) is 0. The number of hydrogen-bond donors (Lipinski definition) is 1. The van der Waals surface area contributed by atoms with E-state index in [0.29, 0.717) is 5.39 Å². The number of aromatic nitrogens is 2. The highest BCUT2D eigenvalue weighted by molar-refractivity contribution is 7.16. The van der Waals surface area contributed by atoms with Gasteiger partial charge < -0.3 is 5.11 Å². The second kappa shape index (κ2) is 3.68. The van der Waals surface area contributed by atoms with Gasteiger partial charge in [0, 0.05) is 0 Å². The molecule has 3 rings (SSSR count). The summed E-state index contributed by atoms with van der Waals surface area (Å²) in [4.78, 5) is 17.2. The molecule has 1 aliphatic rings. The van der Waals surface area contributed by atoms with Gasteiger partial charge >= 0.3 is 0 Å². The molecule has 1 aliphatic carbocycles. The first kappa shape index (κ1) is 9.99. The molecule has 2 aromatic rings. The van der Waals surface area contributed by atoms with E-state index in [0.717, 1.165) is 24.1 Å². The van der Waals surface area contributed by atoms with E-state index in [1.54, 1.807) is 17.0 Å². The molecule has 0 unspecified atom stereocenters. The van der Waals surface area contributed by atoms with Crippen LogP contribution in [0, 0.1) is 0 Å². The van der Waals surface area contributed by atoms with Crippen molar-refractivity contribution in [1.29, 1.82) is 0 Å². The van der Waals surface area contributed by atoms with Crippen molar-refractivity contribution in [3.63, 3.8) is 0 Å². The summed E-state index contributed by atoms with van der Waals surface area (Å²) in [6, 6.07) is 1.71. The predicted octanol–water partition coefficient (Wildman–Crippen LogP) is 1.54. The lowest BCUT2D eigenvalue weighted by molar-refractivity contribution is 0.134. The lowest BCUT2D eigenvalue weighted by Crippen LogP contribution is -2.29. The Balaban J connectivity index is 2.16. The SMILES string of the molecule is O=c1c2ccsc2ncn1[C@H]1CCC[C@@H]1O. The van der Waals surface area contributed by atoms with E-state index in [1.807, 2.05) is 5.38 Å². The van der Waals surface area contributed by atoms with E-state index in [1.165, 1.54) is 11.3 Å². The van der Waals surface area contributed by atoms with E-state index in [-0.39, 0.29) is 11.6 Å². The largest absolute Gasteiger partial charge is 0.391 e. The minimum atomic E-state index is -0.407. The van der Waals surface area contributed by atoms with E-state index in [9.17, 15) is 9.90 Å². The molecule has 84 valence electrons. The number of nitrogens with zero attached hydrogens (tertiary/aromatic N) is 2. The third-order valence-corrected chi connectivity index (χ3v) is 4.03. The van der Waals surface area contributed by atoms with E-state index < -0.39 is 6.10 Å². The Hall–Kier alpha value is -1.20. The van der Waals surface area contributed by atoms with Crippen molar-refractivity contribution >= 4 is 21.6 Å². The summed E-state index contributed by atoms with van der Waals surface area (Å²) >= 11 is 1.47. The molecule has 0 saturated heterocycles. The summed E-state index contributed by atoms with van der Waals surface area (Å²) in [5, 5.41) is 12.3. The molecule has 0 spiro atoms. The molecule has 0 bridgehead atoms. The third-order valence-electron chi connectivity index (χ3n) is 3.21. The van der Waals surface area contributed by atoms with Crippen LogP contribution in [-0.2, 0) is 0 Å². The van der Waals surface area contributed by atoms with Crippen molar-refractivity contribution in [3.8, 4) is 0 Å². The van der Waals surface area contributed by atoms with Crippen LogP contribution in [0.5, 0.6) is 0 Å². The summed E-state index contributed by atoms with van der Waals surface area (Å²) in [5.74, 6) is 0. The van der Waals surface area contributed by atoms with Gasteiger partial charge in [0.1, 0.15) is 4.83 Å². The van der Waals surface area contributed by atoms with E-state index in [4.69, 9.17) is 0 Å². The first-order valence-corrected chi connectivity index (χ1v) is 6.28. The molecule has 16 heavy (non-hydrogen) atoms. The minimum absolute atomic E-state index is 0.0304. The summed E-state index contributed by atoms with van der Waals surface area (Å²) in [6.45, 7) is 0. The van der Waals surface area contributed by atoms with Gasteiger partial charge in [-0.2, -0.15) is 0 Å². The van der Waals surface area contributed by atoms with Gasteiger partial charge in [-0.3, -0.25) is 9.36 Å². The molecule has 1 saturated carbocycles. The molecular formula is C11H12N2O2S. The van der Waals surface area contributed by atoms with Crippen LogP contribution in [0.1, 0.15) is 25.3 Å². The normalized spacial score (nSPS) is 25.3. The molecule has 0 radical (unpaired) electrons. The predicted molar refractivity (Wildman–Crippen MR) is 62.8 cm³/mol. The summed E-state index contributed by atoms with van der Waals surface area (Å²) < 4.78 is 1.59. The average Bonchev–Trinajstić information content (AvgIpc) is 2.88. The van der Waals surface area contributed by atoms with Gasteiger partial charge in [0.25, 0.3) is 5.56 Å². The molecule has 5 heteroatoms. The van der Waals surface area contributed by atoms with Crippen LogP contribution < -0.4 is 5.56 Å². The maximum Gasteiger partial charge on any atom is 0.262 e. The fourth-order valence-corrected chi connectivity index (χ4v) is 3.08. The Kier molecular flexibility index (Phi) is 2.29. The van der Waals surface area contributed by atoms with Crippen LogP contribution in [0.4, 0.5) is 0 Å². The van der Waals surface area contributed by atoms with Crippen molar-refractivity contribution in [2.24, 2.45) is 0 Å². The van der Waals surface area contributed by atoms with Crippen molar-refractivity contribution in [2.75, 3.05) is 0 Å². The van der Waals surface area contributed by atoms with Gasteiger partial charge in [-0.25, -0.2) is 4.98 Å². The highest BCUT2D eigenvalue weighted by atomic mass is 32.1. The van der Waals surface area contributed by atoms with Crippen molar-refractivity contribution < 1.29 is 5.11 Å². The Labute approximate surface area is 96.2 Å². The van der Waals surface area contributed by atoms with Crippen LogP contribution in [-0.4, -0.2) is 20.8 Å². The standard InChI is InChI=1S/C11H12N2O2S/c14-9-3-1-2-8(9)13-6-12-10-7(11(13)15)4-5-16-10/h4-6,8-9,14H,1-3H2/t8-,9-/m0/s1. The molecule has 2 atom stereocenters. The zero-order chi connectivity index (χ0) is 11.1. The quantitative estimate of drug-likeness (QED) is 0.817. The van der Waals surface area contributed by atoms with Gasteiger partial charge in [0.05, 0.1) is 23.9 Å². The monoisotopic (exact) mass is 236 g/mol. The molecular weight excluding hydrogens is 224 g/mol. The highest BCUT2D eigenvalue weighted by Gasteiger charge is 2.27. The molecule has 2 heterocycles. The topological polar surface area (TPSA) is 55.1 Å². The minimum Gasteiger partial charge on any atom is -0.391 e. The van der Waals surface area contributed by atoms with Gasteiger partial charge in [0.15, 0.2) is 0 Å². The van der Waals surface area contributed by atoms with Gasteiger partial charge in [-0.1, -0.05) is 0 Å². The molecule has 4 nitrogen and oxygen atoms in total. The Morgan fingerprint density at radius 3 is 3.12 bits per heavy atom. The second-order valence-corrected chi connectivity index (χ2v) is 5.06. The molecule has 0 aliphatic heterocycles. The van der Waals surface area contributed by atoms with Crippen LogP contribution in [0.3, 0.4) is 0 Å². The van der Waals surface area contributed by atoms with Gasteiger partial charge in [-0.15, -0.1) is 11.3 Å². The molecule has 1 fully saturated rings. The lowest BCUT2D eigenvalue weighted by Gasteiger charge is -2.16. The number of aliphatic hydroxyl groups excluding tert-OH is 1. The molecule has 0 aromatic carbocycles. The number of hydrogen-bond acceptors (Lipinski definition) is 4. The highest BCUT2D eigenvalue weighted by Crippen LogP contribution is 2.29. The number of fused-ring (bicyclic) bond motifs is 1. The average molecular weight is 236 g/mol. The van der Waals surface area contributed by atoms with Crippen molar-refractivity contribution in [2.45, 2.75) is 31.4 Å². The second-order valence-electron chi connectivity index (χ2n) is 4.16. The third kappa shape index (κ3) is 1.39. The first-order chi connectivity index (χ1) is 7.77. The smallest absolute Gasteiger partial charge is 0.262 e. The zero-order valence-electron chi connectivity index (χ0n) is 8.67. The molecule has 1 N–H and O–H groups in total.